The molecular formula is C22H34N6O. The van der Waals surface area contributed by atoms with Gasteiger partial charge in [0.05, 0.1) is 6.10 Å². The first-order valence-corrected chi connectivity index (χ1v) is 10.9. The van der Waals surface area contributed by atoms with Gasteiger partial charge in [0.1, 0.15) is 11.6 Å². The van der Waals surface area contributed by atoms with Crippen LogP contribution in [0.15, 0.2) is 35.3 Å². The van der Waals surface area contributed by atoms with Crippen molar-refractivity contribution in [2.45, 2.75) is 64.5 Å². The van der Waals surface area contributed by atoms with E-state index >= 15 is 0 Å². The number of aliphatic hydroxyl groups is 1. The van der Waals surface area contributed by atoms with Gasteiger partial charge >= 0.3 is 0 Å². The average molecular weight is 399 g/mol. The van der Waals surface area contributed by atoms with Crippen LogP contribution in [0.1, 0.15) is 62.3 Å². The summed E-state index contributed by atoms with van der Waals surface area (Å²) in [7, 11) is 0. The maximum absolute atomic E-state index is 10.3. The molecule has 2 heterocycles. The molecule has 0 amide bonds. The van der Waals surface area contributed by atoms with E-state index in [4.69, 9.17) is 0 Å². The Morgan fingerprint density at radius 2 is 2.03 bits per heavy atom. The number of hydrogen-bond donors (Lipinski definition) is 3. The highest BCUT2D eigenvalue weighted by molar-refractivity contribution is 5.79. The van der Waals surface area contributed by atoms with Gasteiger partial charge in [-0.05, 0) is 38.2 Å². The summed E-state index contributed by atoms with van der Waals surface area (Å²) in [6.07, 6.45) is 6.80. The van der Waals surface area contributed by atoms with Crippen LogP contribution in [0.25, 0.3) is 0 Å². The third-order valence-electron chi connectivity index (χ3n) is 5.25. The molecule has 29 heavy (non-hydrogen) atoms. The monoisotopic (exact) mass is 398 g/mol. The fraction of sp³-hybridized carbons (Fsp3) is 0.591. The van der Waals surface area contributed by atoms with Crippen LogP contribution in [0.2, 0.25) is 0 Å². The van der Waals surface area contributed by atoms with Gasteiger partial charge in [0, 0.05) is 39.0 Å². The molecule has 0 fully saturated rings. The molecule has 0 radical (unpaired) electrons. The van der Waals surface area contributed by atoms with Crippen molar-refractivity contribution in [1.29, 1.82) is 0 Å². The number of guanidine groups is 1. The van der Waals surface area contributed by atoms with E-state index in [2.05, 4.69) is 37.3 Å². The van der Waals surface area contributed by atoms with Gasteiger partial charge in [-0.1, -0.05) is 36.8 Å². The standard InChI is InChI=1S/C22H34N6O/c1-2-23-22(25-16-14-19(29)18-10-5-3-6-11-18)24-15-9-13-21-27-26-20-12-7-4-8-17-28(20)21/h3,5-6,10-11,19,29H,2,4,7-9,12-17H2,1H3,(H2,23,24,25). The Morgan fingerprint density at radius 3 is 2.86 bits per heavy atom. The van der Waals surface area contributed by atoms with E-state index in [1.807, 2.05) is 30.3 Å². The number of nitrogens with zero attached hydrogens (tertiary/aromatic N) is 4. The second kappa shape index (κ2) is 11.6. The van der Waals surface area contributed by atoms with E-state index in [1.54, 1.807) is 0 Å². The topological polar surface area (TPSA) is 87.4 Å². The number of aliphatic imine (C=N–C) groups is 1. The zero-order valence-corrected chi connectivity index (χ0v) is 17.5. The van der Waals surface area contributed by atoms with E-state index in [0.29, 0.717) is 13.0 Å². The average Bonchev–Trinajstić information content (AvgIpc) is 2.97. The number of aliphatic hydroxyl groups excluding tert-OH is 1. The molecular weight excluding hydrogens is 364 g/mol. The van der Waals surface area contributed by atoms with Gasteiger partial charge in [-0.3, -0.25) is 4.99 Å². The van der Waals surface area contributed by atoms with Crippen LogP contribution in [0.3, 0.4) is 0 Å². The Labute approximate surface area is 173 Å². The van der Waals surface area contributed by atoms with Gasteiger partial charge in [0.15, 0.2) is 5.96 Å². The number of rotatable bonds is 9. The summed E-state index contributed by atoms with van der Waals surface area (Å²) in [5.41, 5.74) is 0.948. The molecule has 0 spiro atoms. The number of nitrogens with one attached hydrogen (secondary N) is 2. The summed E-state index contributed by atoms with van der Waals surface area (Å²) >= 11 is 0. The predicted molar refractivity (Wildman–Crippen MR) is 116 cm³/mol. The molecule has 1 aliphatic heterocycles. The van der Waals surface area contributed by atoms with Crippen molar-refractivity contribution >= 4 is 5.96 Å². The Balaban J connectivity index is 1.43. The van der Waals surface area contributed by atoms with Crippen LogP contribution in [-0.4, -0.2) is 45.5 Å². The highest BCUT2D eigenvalue weighted by Crippen LogP contribution is 2.16. The summed E-state index contributed by atoms with van der Waals surface area (Å²) < 4.78 is 2.31. The molecule has 3 N–H and O–H groups in total. The molecule has 0 aliphatic carbocycles. The van der Waals surface area contributed by atoms with Crippen LogP contribution in [-0.2, 0) is 19.4 Å². The molecule has 1 aromatic carbocycles. The largest absolute Gasteiger partial charge is 0.388 e. The molecule has 7 nitrogen and oxygen atoms in total. The minimum atomic E-state index is -0.463. The second-order valence-corrected chi connectivity index (χ2v) is 7.50. The minimum Gasteiger partial charge on any atom is -0.388 e. The van der Waals surface area contributed by atoms with Crippen LogP contribution < -0.4 is 10.6 Å². The van der Waals surface area contributed by atoms with Gasteiger partial charge in [0.2, 0.25) is 0 Å². The summed E-state index contributed by atoms with van der Waals surface area (Å²) in [6, 6.07) is 9.77. The van der Waals surface area contributed by atoms with E-state index in [1.165, 1.54) is 19.3 Å². The Morgan fingerprint density at radius 1 is 1.17 bits per heavy atom. The van der Waals surface area contributed by atoms with Gasteiger partial charge in [-0.15, -0.1) is 10.2 Å². The lowest BCUT2D eigenvalue weighted by molar-refractivity contribution is 0.168. The first-order valence-electron chi connectivity index (χ1n) is 10.9. The predicted octanol–water partition coefficient (Wildman–Crippen LogP) is 2.62. The summed E-state index contributed by atoms with van der Waals surface area (Å²) in [5.74, 6) is 3.04. The lowest BCUT2D eigenvalue weighted by atomic mass is 10.1. The second-order valence-electron chi connectivity index (χ2n) is 7.50. The maximum atomic E-state index is 10.3. The summed E-state index contributed by atoms with van der Waals surface area (Å²) in [5, 5.41) is 25.6. The van der Waals surface area contributed by atoms with Crippen LogP contribution >= 0.6 is 0 Å². The number of hydrogen-bond acceptors (Lipinski definition) is 4. The van der Waals surface area contributed by atoms with Crippen molar-refractivity contribution in [1.82, 2.24) is 25.4 Å². The molecule has 3 rings (SSSR count). The van der Waals surface area contributed by atoms with Crippen LogP contribution in [0, 0.1) is 0 Å². The smallest absolute Gasteiger partial charge is 0.191 e. The van der Waals surface area contributed by atoms with Crippen LogP contribution in [0.4, 0.5) is 0 Å². The first-order chi connectivity index (χ1) is 14.3. The fourth-order valence-electron chi connectivity index (χ4n) is 3.67. The molecule has 2 aromatic rings. The summed E-state index contributed by atoms with van der Waals surface area (Å²) in [4.78, 5) is 4.67. The number of aryl methyl sites for hydroxylation is 2. The number of benzene rings is 1. The molecule has 0 saturated carbocycles. The van der Waals surface area contributed by atoms with Gasteiger partial charge in [-0.25, -0.2) is 0 Å². The third kappa shape index (κ3) is 6.56. The van der Waals surface area contributed by atoms with E-state index in [-0.39, 0.29) is 0 Å². The molecule has 7 heteroatoms. The normalized spacial score (nSPS) is 15.4. The maximum Gasteiger partial charge on any atom is 0.191 e. The molecule has 1 aliphatic rings. The molecule has 0 saturated heterocycles. The van der Waals surface area contributed by atoms with E-state index < -0.39 is 6.10 Å². The van der Waals surface area contributed by atoms with Gasteiger partial charge in [0.25, 0.3) is 0 Å². The quantitative estimate of drug-likeness (QED) is 0.343. The molecule has 1 atom stereocenters. The van der Waals surface area contributed by atoms with Crippen molar-refractivity contribution < 1.29 is 5.11 Å². The van der Waals surface area contributed by atoms with E-state index in [9.17, 15) is 5.11 Å². The van der Waals surface area contributed by atoms with Gasteiger partial charge in [-0.2, -0.15) is 0 Å². The van der Waals surface area contributed by atoms with Crippen molar-refractivity contribution in [3.8, 4) is 0 Å². The van der Waals surface area contributed by atoms with Crippen molar-refractivity contribution in [2.75, 3.05) is 19.6 Å². The highest BCUT2D eigenvalue weighted by Gasteiger charge is 2.14. The first kappa shape index (κ1) is 21.3. The number of fused-ring (bicyclic) bond motifs is 1. The Bertz CT molecular complexity index is 758. The molecule has 0 bridgehead atoms. The highest BCUT2D eigenvalue weighted by atomic mass is 16.3. The zero-order valence-electron chi connectivity index (χ0n) is 17.5. The Hall–Kier alpha value is -2.41. The fourth-order valence-corrected chi connectivity index (χ4v) is 3.67. The zero-order chi connectivity index (χ0) is 20.3. The molecule has 1 unspecified atom stereocenters. The lowest BCUT2D eigenvalue weighted by Crippen LogP contribution is -2.38. The van der Waals surface area contributed by atoms with Crippen molar-refractivity contribution in [3.05, 3.63) is 47.5 Å². The third-order valence-corrected chi connectivity index (χ3v) is 5.25. The Kier molecular flexibility index (Phi) is 8.49. The van der Waals surface area contributed by atoms with Gasteiger partial charge < -0.3 is 20.3 Å². The van der Waals surface area contributed by atoms with Crippen molar-refractivity contribution in [2.24, 2.45) is 4.99 Å². The van der Waals surface area contributed by atoms with E-state index in [0.717, 1.165) is 62.1 Å². The molecule has 1 aromatic heterocycles. The van der Waals surface area contributed by atoms with Crippen LogP contribution in [0.5, 0.6) is 0 Å². The summed E-state index contributed by atoms with van der Waals surface area (Å²) in [6.45, 7) is 5.32. The number of aromatic nitrogens is 3. The lowest BCUT2D eigenvalue weighted by Gasteiger charge is -2.14. The van der Waals surface area contributed by atoms with Crippen molar-refractivity contribution in [3.63, 3.8) is 0 Å². The SMILES string of the molecule is CCNC(=NCCCc1nnc2n1CCCCC2)NCCC(O)c1ccccc1. The molecule has 158 valence electrons. The minimum absolute atomic E-state index is 0.463.